The quantitative estimate of drug-likeness (QED) is 0.642. The third kappa shape index (κ3) is 5.78. The van der Waals surface area contributed by atoms with E-state index in [0.717, 1.165) is 11.1 Å². The molecule has 2 aliphatic heterocycles. The number of nitrogens with one attached hydrogen (secondary N) is 1. The Labute approximate surface area is 193 Å². The van der Waals surface area contributed by atoms with Crippen LogP contribution >= 0.6 is 0 Å². The smallest absolute Gasteiger partial charge is 0.305 e. The Morgan fingerprint density at radius 2 is 1.73 bits per heavy atom. The molecule has 0 aliphatic carbocycles. The summed E-state index contributed by atoms with van der Waals surface area (Å²) in [7, 11) is 0. The number of hydrogen-bond acceptors (Lipinski definition) is 7. The second-order valence-corrected chi connectivity index (χ2v) is 8.05. The van der Waals surface area contributed by atoms with E-state index < -0.39 is 42.9 Å². The monoisotopic (exact) mass is 455 g/mol. The van der Waals surface area contributed by atoms with Crippen LogP contribution in [0.4, 0.5) is 0 Å². The zero-order valence-corrected chi connectivity index (χ0v) is 18.7. The number of fused-ring (bicyclic) bond motifs is 1. The van der Waals surface area contributed by atoms with Crippen molar-refractivity contribution < 1.29 is 33.3 Å². The van der Waals surface area contributed by atoms with Crippen LogP contribution in [0.5, 0.6) is 0 Å². The largest absolute Gasteiger partial charge is 0.457 e. The first-order chi connectivity index (χ1) is 16.0. The molecule has 2 saturated heterocycles. The minimum atomic E-state index is -0.856. The lowest BCUT2D eigenvalue weighted by Gasteiger charge is -2.48. The fraction of sp³-hybridized carbons (Fsp3) is 0.440. The lowest BCUT2D eigenvalue weighted by atomic mass is 9.95. The molecule has 2 heterocycles. The number of carbonyl (C=O) groups is 2. The van der Waals surface area contributed by atoms with Crippen LogP contribution in [0.1, 0.15) is 37.7 Å². The number of carbonyl (C=O) groups excluding carboxylic acids is 2. The van der Waals surface area contributed by atoms with Gasteiger partial charge < -0.3 is 29.0 Å². The van der Waals surface area contributed by atoms with Gasteiger partial charge in [-0.2, -0.15) is 0 Å². The molecule has 2 fully saturated rings. The van der Waals surface area contributed by atoms with Gasteiger partial charge >= 0.3 is 5.97 Å². The van der Waals surface area contributed by atoms with Gasteiger partial charge in [0.05, 0.1) is 13.2 Å². The Bertz CT molecular complexity index is 923. The highest BCUT2D eigenvalue weighted by atomic mass is 16.8. The predicted molar refractivity (Wildman–Crippen MR) is 118 cm³/mol. The highest BCUT2D eigenvalue weighted by Crippen LogP contribution is 2.36. The number of ether oxygens (including phenoxy) is 5. The Morgan fingerprint density at radius 3 is 2.39 bits per heavy atom. The van der Waals surface area contributed by atoms with E-state index >= 15 is 0 Å². The van der Waals surface area contributed by atoms with E-state index in [9.17, 15) is 9.59 Å². The summed E-state index contributed by atoms with van der Waals surface area (Å²) in [6.07, 6.45) is -3.30. The molecule has 8 nitrogen and oxygen atoms in total. The summed E-state index contributed by atoms with van der Waals surface area (Å²) in [4.78, 5) is 24.4. The summed E-state index contributed by atoms with van der Waals surface area (Å²) < 4.78 is 30.2. The van der Waals surface area contributed by atoms with Crippen molar-refractivity contribution in [3.05, 3.63) is 71.8 Å². The third-order valence-electron chi connectivity index (χ3n) is 5.59. The first kappa shape index (κ1) is 23.4. The molecule has 0 spiro atoms. The normalized spacial score (nSPS) is 29.0. The van der Waals surface area contributed by atoms with E-state index in [0.29, 0.717) is 0 Å². The van der Waals surface area contributed by atoms with Crippen LogP contribution < -0.4 is 5.32 Å². The maximum atomic E-state index is 12.3. The fourth-order valence-electron chi connectivity index (χ4n) is 4.01. The minimum absolute atomic E-state index is 0.190. The molecule has 6 atom stereocenters. The van der Waals surface area contributed by atoms with Crippen molar-refractivity contribution >= 4 is 11.9 Å². The van der Waals surface area contributed by atoms with E-state index in [-0.39, 0.29) is 25.5 Å². The number of benzene rings is 2. The van der Waals surface area contributed by atoms with Gasteiger partial charge in [0.15, 0.2) is 18.7 Å². The van der Waals surface area contributed by atoms with Gasteiger partial charge in [-0.1, -0.05) is 67.6 Å². The zero-order chi connectivity index (χ0) is 23.2. The van der Waals surface area contributed by atoms with Gasteiger partial charge in [0, 0.05) is 18.9 Å². The molecule has 1 amide bonds. The summed E-state index contributed by atoms with van der Waals surface area (Å²) in [5, 5.41) is 2.85. The molecule has 0 radical (unpaired) electrons. The molecule has 0 saturated carbocycles. The van der Waals surface area contributed by atoms with Crippen LogP contribution in [0.3, 0.4) is 0 Å². The van der Waals surface area contributed by atoms with Crippen molar-refractivity contribution in [1.29, 1.82) is 0 Å². The summed E-state index contributed by atoms with van der Waals surface area (Å²) >= 11 is 0. The number of hydrogen-bond donors (Lipinski definition) is 1. The van der Waals surface area contributed by atoms with Crippen LogP contribution in [-0.4, -0.2) is 49.1 Å². The average Bonchev–Trinajstić information content (AvgIpc) is 2.84. The maximum Gasteiger partial charge on any atom is 0.305 e. The molecule has 2 aromatic carbocycles. The number of esters is 1. The molecule has 0 bridgehead atoms. The van der Waals surface area contributed by atoms with Gasteiger partial charge in [-0.15, -0.1) is 0 Å². The molecule has 0 unspecified atom stereocenters. The molecule has 2 aromatic rings. The van der Waals surface area contributed by atoms with Gasteiger partial charge in [0.2, 0.25) is 5.91 Å². The Kier molecular flexibility index (Phi) is 7.72. The van der Waals surface area contributed by atoms with Gasteiger partial charge in [-0.25, -0.2) is 0 Å². The summed E-state index contributed by atoms with van der Waals surface area (Å²) in [6.45, 7) is 3.61. The summed E-state index contributed by atoms with van der Waals surface area (Å²) in [5.74, 6) is -0.691. The zero-order valence-electron chi connectivity index (χ0n) is 18.7. The van der Waals surface area contributed by atoms with Crippen molar-refractivity contribution in [3.8, 4) is 0 Å². The molecule has 176 valence electrons. The average molecular weight is 456 g/mol. The SMILES string of the molecule is CCC(=O)O[C@@H]1[C@H](NC(C)=O)[C@H](OCc2ccccc2)O[C@@H]2CO[C@@H](c3ccccc3)O[C@@H]12. The van der Waals surface area contributed by atoms with Gasteiger partial charge in [-0.3, -0.25) is 9.59 Å². The van der Waals surface area contributed by atoms with Gasteiger partial charge in [-0.05, 0) is 5.56 Å². The highest BCUT2D eigenvalue weighted by molar-refractivity contribution is 5.73. The lowest BCUT2D eigenvalue weighted by molar-refractivity contribution is -0.346. The third-order valence-corrected chi connectivity index (χ3v) is 5.59. The second-order valence-electron chi connectivity index (χ2n) is 8.05. The van der Waals surface area contributed by atoms with Crippen LogP contribution in [0.2, 0.25) is 0 Å². The molecular weight excluding hydrogens is 426 g/mol. The van der Waals surface area contributed by atoms with Gasteiger partial charge in [0.1, 0.15) is 18.2 Å². The van der Waals surface area contributed by atoms with E-state index in [2.05, 4.69) is 5.32 Å². The van der Waals surface area contributed by atoms with E-state index in [1.807, 2.05) is 60.7 Å². The fourth-order valence-corrected chi connectivity index (χ4v) is 4.01. The first-order valence-corrected chi connectivity index (χ1v) is 11.1. The van der Waals surface area contributed by atoms with Crippen LogP contribution in [0, 0.1) is 0 Å². The number of rotatable bonds is 7. The lowest BCUT2D eigenvalue weighted by Crippen LogP contribution is -2.67. The van der Waals surface area contributed by atoms with Gasteiger partial charge in [0.25, 0.3) is 0 Å². The van der Waals surface area contributed by atoms with E-state index in [1.54, 1.807) is 6.92 Å². The highest BCUT2D eigenvalue weighted by Gasteiger charge is 2.52. The molecular formula is C25H29NO7. The molecule has 1 N–H and O–H groups in total. The Balaban J connectivity index is 1.58. The van der Waals surface area contributed by atoms with Crippen molar-refractivity contribution in [1.82, 2.24) is 5.32 Å². The molecule has 2 aliphatic rings. The summed E-state index contributed by atoms with van der Waals surface area (Å²) in [6, 6.07) is 18.4. The molecule has 4 rings (SSSR count). The maximum absolute atomic E-state index is 12.3. The topological polar surface area (TPSA) is 92.3 Å². The van der Waals surface area contributed by atoms with Crippen molar-refractivity contribution in [2.45, 2.75) is 63.8 Å². The standard InChI is InChI=1S/C25H29NO7/c1-3-20(28)32-23-21(26-16(2)27)25(29-14-17-10-6-4-7-11-17)31-19-15-30-24(33-22(19)23)18-12-8-5-9-13-18/h4-13,19,21-25H,3,14-15H2,1-2H3,(H,26,27)/t19-,21+,22-,23-,24-,25-/m1/s1. The van der Waals surface area contributed by atoms with Crippen molar-refractivity contribution in [2.24, 2.45) is 0 Å². The molecule has 8 heteroatoms. The molecule has 33 heavy (non-hydrogen) atoms. The minimum Gasteiger partial charge on any atom is -0.457 e. The van der Waals surface area contributed by atoms with Crippen molar-refractivity contribution in [3.63, 3.8) is 0 Å². The van der Waals surface area contributed by atoms with Crippen molar-refractivity contribution in [2.75, 3.05) is 6.61 Å². The number of amides is 1. The Morgan fingerprint density at radius 1 is 1.03 bits per heavy atom. The van der Waals surface area contributed by atoms with E-state index in [4.69, 9.17) is 23.7 Å². The van der Waals surface area contributed by atoms with E-state index in [1.165, 1.54) is 6.92 Å². The van der Waals surface area contributed by atoms with Crippen LogP contribution in [0.25, 0.3) is 0 Å². The first-order valence-electron chi connectivity index (χ1n) is 11.1. The summed E-state index contributed by atoms with van der Waals surface area (Å²) in [5.41, 5.74) is 1.79. The Hall–Kier alpha value is -2.78. The second kappa shape index (κ2) is 10.9. The van der Waals surface area contributed by atoms with Crippen LogP contribution in [0.15, 0.2) is 60.7 Å². The predicted octanol–water partition coefficient (Wildman–Crippen LogP) is 2.87. The molecule has 0 aromatic heterocycles. The van der Waals surface area contributed by atoms with Crippen LogP contribution in [-0.2, 0) is 39.9 Å².